The van der Waals surface area contributed by atoms with E-state index in [0.717, 1.165) is 24.7 Å². The van der Waals surface area contributed by atoms with Crippen molar-refractivity contribution in [2.24, 2.45) is 11.8 Å². The van der Waals surface area contributed by atoms with Crippen LogP contribution in [0, 0.1) is 11.8 Å². The first-order chi connectivity index (χ1) is 5.68. The second kappa shape index (κ2) is 2.88. The smallest absolute Gasteiger partial charge is 0.0543 e. The highest BCUT2D eigenvalue weighted by Gasteiger charge is 2.35. The maximum absolute atomic E-state index is 9.51. The molecule has 0 amide bonds. The Morgan fingerprint density at radius 1 is 1.25 bits per heavy atom. The molecule has 2 rings (SSSR count). The highest BCUT2D eigenvalue weighted by molar-refractivity contribution is 5.22. The van der Waals surface area contributed by atoms with Crippen molar-refractivity contribution in [1.82, 2.24) is 0 Å². The van der Waals surface area contributed by atoms with Gasteiger partial charge in [0.25, 0.3) is 0 Å². The molecule has 68 valence electrons. The number of rotatable bonds is 0. The first kappa shape index (κ1) is 8.31. The largest absolute Gasteiger partial charge is 0.393 e. The summed E-state index contributed by atoms with van der Waals surface area (Å²) < 4.78 is 0. The first-order valence-electron chi connectivity index (χ1n) is 5.03. The summed E-state index contributed by atoms with van der Waals surface area (Å²) in [5, 5.41) is 9.51. The van der Waals surface area contributed by atoms with Crippen molar-refractivity contribution in [2.45, 2.75) is 45.6 Å². The van der Waals surface area contributed by atoms with Crippen LogP contribution in [-0.4, -0.2) is 11.2 Å². The molecule has 0 spiro atoms. The van der Waals surface area contributed by atoms with Crippen molar-refractivity contribution in [3.63, 3.8) is 0 Å². The molecular weight excluding hydrogens is 148 g/mol. The normalized spacial score (nSPS) is 41.8. The van der Waals surface area contributed by atoms with Crippen LogP contribution in [0.2, 0.25) is 0 Å². The predicted octanol–water partition coefficient (Wildman–Crippen LogP) is 2.50. The Hall–Kier alpha value is -0.300. The third-order valence-corrected chi connectivity index (χ3v) is 3.75. The van der Waals surface area contributed by atoms with Crippen LogP contribution >= 0.6 is 0 Å². The summed E-state index contributed by atoms with van der Waals surface area (Å²) in [5.41, 5.74) is 3.20. The summed E-state index contributed by atoms with van der Waals surface area (Å²) in [5.74, 6) is 1.59. The van der Waals surface area contributed by atoms with Gasteiger partial charge in [0, 0.05) is 0 Å². The van der Waals surface area contributed by atoms with Gasteiger partial charge in [0.1, 0.15) is 0 Å². The van der Waals surface area contributed by atoms with E-state index in [9.17, 15) is 5.11 Å². The minimum Gasteiger partial charge on any atom is -0.393 e. The summed E-state index contributed by atoms with van der Waals surface area (Å²) in [6.45, 7) is 4.53. The summed E-state index contributed by atoms with van der Waals surface area (Å²) >= 11 is 0. The van der Waals surface area contributed by atoms with Crippen molar-refractivity contribution >= 4 is 0 Å². The van der Waals surface area contributed by atoms with Crippen molar-refractivity contribution in [3.05, 3.63) is 11.1 Å². The molecule has 1 heteroatoms. The Morgan fingerprint density at radius 3 is 2.75 bits per heavy atom. The van der Waals surface area contributed by atoms with E-state index in [-0.39, 0.29) is 6.10 Å². The molecule has 2 aliphatic carbocycles. The fourth-order valence-electron chi connectivity index (χ4n) is 2.91. The monoisotopic (exact) mass is 166 g/mol. The molecule has 0 bridgehead atoms. The van der Waals surface area contributed by atoms with Gasteiger partial charge >= 0.3 is 0 Å². The average molecular weight is 166 g/mol. The second-order valence-electron chi connectivity index (χ2n) is 4.50. The molecule has 12 heavy (non-hydrogen) atoms. The highest BCUT2D eigenvalue weighted by atomic mass is 16.3. The van der Waals surface area contributed by atoms with E-state index >= 15 is 0 Å². The van der Waals surface area contributed by atoms with E-state index in [4.69, 9.17) is 0 Å². The van der Waals surface area contributed by atoms with E-state index in [1.54, 1.807) is 11.1 Å². The van der Waals surface area contributed by atoms with Gasteiger partial charge in [0.15, 0.2) is 0 Å². The summed E-state index contributed by atoms with van der Waals surface area (Å²) in [7, 11) is 0. The van der Waals surface area contributed by atoms with Crippen molar-refractivity contribution in [1.29, 1.82) is 0 Å². The van der Waals surface area contributed by atoms with Gasteiger partial charge in [-0.25, -0.2) is 0 Å². The number of fused-ring (bicyclic) bond motifs is 1. The van der Waals surface area contributed by atoms with E-state index < -0.39 is 0 Å². The number of hydrogen-bond acceptors (Lipinski definition) is 1. The van der Waals surface area contributed by atoms with Crippen LogP contribution in [0.4, 0.5) is 0 Å². The van der Waals surface area contributed by atoms with Crippen molar-refractivity contribution in [3.8, 4) is 0 Å². The first-order valence-corrected chi connectivity index (χ1v) is 5.03. The molecule has 0 aliphatic heterocycles. The van der Waals surface area contributed by atoms with Crippen LogP contribution in [0.5, 0.6) is 0 Å². The lowest BCUT2D eigenvalue weighted by Crippen LogP contribution is -2.25. The number of hydrogen-bond donors (Lipinski definition) is 1. The van der Waals surface area contributed by atoms with Gasteiger partial charge in [-0.3, -0.25) is 0 Å². The maximum Gasteiger partial charge on any atom is 0.0543 e. The number of aliphatic hydroxyl groups excluding tert-OH is 1. The molecule has 1 saturated carbocycles. The number of aliphatic hydroxyl groups is 1. The Balaban J connectivity index is 2.11. The Kier molecular flexibility index (Phi) is 1.99. The van der Waals surface area contributed by atoms with Crippen LogP contribution in [0.1, 0.15) is 39.5 Å². The van der Waals surface area contributed by atoms with Gasteiger partial charge in [0.2, 0.25) is 0 Å². The molecule has 1 N–H and O–H groups in total. The van der Waals surface area contributed by atoms with Gasteiger partial charge in [-0.15, -0.1) is 0 Å². The Bertz CT molecular complexity index is 217. The lowest BCUT2D eigenvalue weighted by molar-refractivity contribution is 0.0849. The molecule has 0 aromatic rings. The zero-order chi connectivity index (χ0) is 8.72. The fraction of sp³-hybridized carbons (Fsp3) is 0.818. The predicted molar refractivity (Wildman–Crippen MR) is 49.8 cm³/mol. The van der Waals surface area contributed by atoms with E-state index in [0.29, 0.717) is 0 Å². The lowest BCUT2D eigenvalue weighted by atomic mass is 9.78. The van der Waals surface area contributed by atoms with Gasteiger partial charge in [-0.05, 0) is 51.4 Å². The van der Waals surface area contributed by atoms with E-state index in [1.165, 1.54) is 12.8 Å². The maximum atomic E-state index is 9.51. The third kappa shape index (κ3) is 1.20. The number of allylic oxidation sites excluding steroid dienone is 2. The molecule has 0 saturated heterocycles. The van der Waals surface area contributed by atoms with Gasteiger partial charge in [-0.2, -0.15) is 0 Å². The molecule has 2 aliphatic rings. The molecule has 0 aromatic heterocycles. The van der Waals surface area contributed by atoms with E-state index in [2.05, 4.69) is 13.8 Å². The molecule has 1 fully saturated rings. The molecule has 0 aromatic carbocycles. The zero-order valence-electron chi connectivity index (χ0n) is 8.01. The highest BCUT2D eigenvalue weighted by Crippen LogP contribution is 2.45. The molecule has 0 heterocycles. The second-order valence-corrected chi connectivity index (χ2v) is 4.50. The zero-order valence-corrected chi connectivity index (χ0v) is 8.01. The van der Waals surface area contributed by atoms with Crippen LogP contribution in [-0.2, 0) is 0 Å². The Morgan fingerprint density at radius 2 is 2.00 bits per heavy atom. The van der Waals surface area contributed by atoms with Crippen LogP contribution < -0.4 is 0 Å². The third-order valence-electron chi connectivity index (χ3n) is 3.75. The van der Waals surface area contributed by atoms with E-state index in [1.807, 2.05) is 0 Å². The minimum atomic E-state index is -0.00931. The summed E-state index contributed by atoms with van der Waals surface area (Å²) in [4.78, 5) is 0. The van der Waals surface area contributed by atoms with Crippen molar-refractivity contribution < 1.29 is 5.11 Å². The van der Waals surface area contributed by atoms with Crippen LogP contribution in [0.3, 0.4) is 0 Å². The summed E-state index contributed by atoms with van der Waals surface area (Å²) in [6, 6.07) is 0. The SMILES string of the molecule is CC1=C(C)C2CCC(O)CC2C1. The molecule has 3 unspecified atom stereocenters. The van der Waals surface area contributed by atoms with Gasteiger partial charge in [0.05, 0.1) is 6.10 Å². The lowest BCUT2D eigenvalue weighted by Gasteiger charge is -2.30. The van der Waals surface area contributed by atoms with Crippen molar-refractivity contribution in [2.75, 3.05) is 0 Å². The summed E-state index contributed by atoms with van der Waals surface area (Å²) in [6.07, 6.45) is 4.51. The minimum absolute atomic E-state index is 0.00931. The standard InChI is InChI=1S/C11H18O/c1-7-5-9-6-10(12)3-4-11(9)8(7)2/h9-12H,3-6H2,1-2H3. The quantitative estimate of drug-likeness (QED) is 0.548. The fourth-order valence-corrected chi connectivity index (χ4v) is 2.91. The van der Waals surface area contributed by atoms with Gasteiger partial charge < -0.3 is 5.11 Å². The topological polar surface area (TPSA) is 20.2 Å². The van der Waals surface area contributed by atoms with Gasteiger partial charge in [-0.1, -0.05) is 11.1 Å². The molecule has 3 atom stereocenters. The van der Waals surface area contributed by atoms with Crippen LogP contribution in [0.15, 0.2) is 11.1 Å². The average Bonchev–Trinajstić information content (AvgIpc) is 2.28. The molecular formula is C11H18O. The molecule has 0 radical (unpaired) electrons. The van der Waals surface area contributed by atoms with Crippen LogP contribution in [0.25, 0.3) is 0 Å². The molecule has 1 nitrogen and oxygen atoms in total. The Labute approximate surface area is 74.5 Å².